The van der Waals surface area contributed by atoms with E-state index in [1.807, 2.05) is 0 Å². The van der Waals surface area contributed by atoms with Gasteiger partial charge in [0, 0.05) is 12.1 Å². The van der Waals surface area contributed by atoms with Crippen LogP contribution in [0.3, 0.4) is 0 Å². The molecule has 0 heterocycles. The van der Waals surface area contributed by atoms with Gasteiger partial charge in [-0.1, -0.05) is 0 Å². The summed E-state index contributed by atoms with van der Waals surface area (Å²) in [5, 5.41) is 0. The van der Waals surface area contributed by atoms with Crippen molar-refractivity contribution >= 4 is 22.4 Å². The van der Waals surface area contributed by atoms with Gasteiger partial charge in [0.1, 0.15) is 5.82 Å². The van der Waals surface area contributed by atoms with E-state index in [2.05, 4.69) is 4.72 Å². The summed E-state index contributed by atoms with van der Waals surface area (Å²) in [6.45, 7) is 0. The van der Waals surface area contributed by atoms with E-state index in [0.29, 0.717) is 37.8 Å². The fraction of sp³-hybridized carbons (Fsp3) is 0.538. The van der Waals surface area contributed by atoms with Gasteiger partial charge in [0.25, 0.3) is 0 Å². The number of nitrogens with one attached hydrogen (secondary N) is 1. The van der Waals surface area contributed by atoms with Crippen molar-refractivity contribution in [3.05, 3.63) is 29.6 Å². The quantitative estimate of drug-likeness (QED) is 0.797. The SMILES string of the molecule is Cl.NC1CCC(NS(=O)(=O)c2ccc(C(F)(F)F)c(F)c2)CC1. The smallest absolute Gasteiger partial charge is 0.328 e. The second-order valence-electron chi connectivity index (χ2n) is 5.37. The standard InChI is InChI=1S/C13H16F4N2O2S.ClH/c14-12-7-10(5-6-11(12)13(15,16)17)22(20,21)19-9-3-1-8(18)2-4-9;/h5-9,19H,1-4,18H2;1H. The summed E-state index contributed by atoms with van der Waals surface area (Å²) in [6, 6.07) is 1.27. The number of benzene rings is 1. The van der Waals surface area contributed by atoms with Crippen LogP contribution in [0.25, 0.3) is 0 Å². The summed E-state index contributed by atoms with van der Waals surface area (Å²) in [6.07, 6.45) is -2.45. The van der Waals surface area contributed by atoms with Crippen LogP contribution in [0, 0.1) is 5.82 Å². The largest absolute Gasteiger partial charge is 0.419 e. The number of rotatable bonds is 3. The molecular formula is C13H17ClF4N2O2S. The van der Waals surface area contributed by atoms with Gasteiger partial charge in [-0.3, -0.25) is 0 Å². The molecule has 0 amide bonds. The van der Waals surface area contributed by atoms with Crippen LogP contribution in [-0.4, -0.2) is 20.5 Å². The second-order valence-corrected chi connectivity index (χ2v) is 7.09. The molecule has 0 bridgehead atoms. The van der Waals surface area contributed by atoms with Crippen LogP contribution in [0.15, 0.2) is 23.1 Å². The number of halogens is 5. The van der Waals surface area contributed by atoms with E-state index in [0.717, 1.165) is 6.07 Å². The highest BCUT2D eigenvalue weighted by atomic mass is 35.5. The predicted molar refractivity (Wildman–Crippen MR) is 79.2 cm³/mol. The molecule has 2 rings (SSSR count). The van der Waals surface area contributed by atoms with E-state index in [-0.39, 0.29) is 24.5 Å². The van der Waals surface area contributed by atoms with E-state index in [1.165, 1.54) is 0 Å². The number of alkyl halides is 3. The highest BCUT2D eigenvalue weighted by Crippen LogP contribution is 2.32. The van der Waals surface area contributed by atoms with E-state index in [4.69, 9.17) is 5.73 Å². The van der Waals surface area contributed by atoms with Gasteiger partial charge in [-0.15, -0.1) is 12.4 Å². The summed E-state index contributed by atoms with van der Waals surface area (Å²) >= 11 is 0. The molecule has 132 valence electrons. The molecule has 0 spiro atoms. The van der Waals surface area contributed by atoms with Gasteiger partial charge < -0.3 is 5.73 Å². The third-order valence-electron chi connectivity index (χ3n) is 3.65. The van der Waals surface area contributed by atoms with Crippen LogP contribution >= 0.6 is 12.4 Å². The zero-order chi connectivity index (χ0) is 16.5. The number of hydrogen-bond donors (Lipinski definition) is 2. The molecule has 1 aliphatic carbocycles. The van der Waals surface area contributed by atoms with Gasteiger partial charge in [-0.2, -0.15) is 13.2 Å². The normalized spacial score (nSPS) is 22.5. The van der Waals surface area contributed by atoms with Crippen molar-refractivity contribution in [3.63, 3.8) is 0 Å². The lowest BCUT2D eigenvalue weighted by molar-refractivity contribution is -0.140. The van der Waals surface area contributed by atoms with Gasteiger partial charge in [-0.05, 0) is 43.9 Å². The maximum atomic E-state index is 13.5. The van der Waals surface area contributed by atoms with Crippen LogP contribution in [0.5, 0.6) is 0 Å². The summed E-state index contributed by atoms with van der Waals surface area (Å²) in [5.74, 6) is -1.61. The first-order valence-electron chi connectivity index (χ1n) is 6.74. The molecule has 3 N–H and O–H groups in total. The Kier molecular flexibility index (Phi) is 6.42. The predicted octanol–water partition coefficient (Wildman–Crippen LogP) is 2.81. The maximum Gasteiger partial charge on any atom is 0.419 e. The molecule has 1 aliphatic rings. The van der Waals surface area contributed by atoms with E-state index >= 15 is 0 Å². The first-order chi connectivity index (χ1) is 10.1. The lowest BCUT2D eigenvalue weighted by Crippen LogP contribution is -2.40. The molecule has 0 aliphatic heterocycles. The second kappa shape index (κ2) is 7.33. The lowest BCUT2D eigenvalue weighted by Gasteiger charge is -2.26. The molecule has 0 radical (unpaired) electrons. The molecular weight excluding hydrogens is 360 g/mol. The number of hydrogen-bond acceptors (Lipinski definition) is 3. The maximum absolute atomic E-state index is 13.5. The molecule has 0 saturated heterocycles. The fourth-order valence-electron chi connectivity index (χ4n) is 2.42. The molecule has 4 nitrogen and oxygen atoms in total. The molecule has 23 heavy (non-hydrogen) atoms. The molecule has 10 heteroatoms. The van der Waals surface area contributed by atoms with Crippen LogP contribution in [0.2, 0.25) is 0 Å². The molecule has 0 aromatic heterocycles. The van der Waals surface area contributed by atoms with Crippen molar-refractivity contribution in [1.29, 1.82) is 0 Å². The average Bonchev–Trinajstić information content (AvgIpc) is 2.39. The Bertz CT molecular complexity index is 644. The Morgan fingerprint density at radius 3 is 2.17 bits per heavy atom. The molecule has 0 atom stereocenters. The molecule has 1 aromatic carbocycles. The highest BCUT2D eigenvalue weighted by Gasteiger charge is 2.35. The minimum atomic E-state index is -4.86. The van der Waals surface area contributed by atoms with Crippen molar-refractivity contribution in [2.75, 3.05) is 0 Å². The zero-order valence-electron chi connectivity index (χ0n) is 11.9. The Morgan fingerprint density at radius 2 is 1.70 bits per heavy atom. The third-order valence-corrected chi connectivity index (χ3v) is 5.17. The summed E-state index contributed by atoms with van der Waals surface area (Å²) in [5.41, 5.74) is 4.23. The van der Waals surface area contributed by atoms with Gasteiger partial charge in [0.15, 0.2) is 0 Å². The molecule has 1 fully saturated rings. The topological polar surface area (TPSA) is 72.2 Å². The highest BCUT2D eigenvalue weighted by molar-refractivity contribution is 7.89. The van der Waals surface area contributed by atoms with Crippen LogP contribution in [0.1, 0.15) is 31.2 Å². The van der Waals surface area contributed by atoms with Gasteiger partial charge in [-0.25, -0.2) is 17.5 Å². The monoisotopic (exact) mass is 376 g/mol. The van der Waals surface area contributed by atoms with Crippen molar-refractivity contribution in [1.82, 2.24) is 4.72 Å². The fourth-order valence-corrected chi connectivity index (χ4v) is 3.73. The summed E-state index contributed by atoms with van der Waals surface area (Å²) < 4.78 is 77.5. The minimum absolute atomic E-state index is 0. The van der Waals surface area contributed by atoms with Crippen molar-refractivity contribution < 1.29 is 26.0 Å². The third kappa shape index (κ3) is 5.03. The Balaban J connectivity index is 0.00000264. The van der Waals surface area contributed by atoms with Gasteiger partial charge >= 0.3 is 6.18 Å². The van der Waals surface area contributed by atoms with E-state index in [9.17, 15) is 26.0 Å². The Labute approximate surface area is 137 Å². The Hall–Kier alpha value is -0.900. The summed E-state index contributed by atoms with van der Waals surface area (Å²) in [7, 11) is -4.06. The van der Waals surface area contributed by atoms with E-state index < -0.39 is 32.5 Å². The summed E-state index contributed by atoms with van der Waals surface area (Å²) in [4.78, 5) is -0.520. The Morgan fingerprint density at radius 1 is 1.13 bits per heavy atom. The van der Waals surface area contributed by atoms with Gasteiger partial charge in [0.2, 0.25) is 10.0 Å². The first-order valence-corrected chi connectivity index (χ1v) is 8.22. The minimum Gasteiger partial charge on any atom is -0.328 e. The number of sulfonamides is 1. The lowest BCUT2D eigenvalue weighted by atomic mass is 9.93. The zero-order valence-corrected chi connectivity index (χ0v) is 13.6. The van der Waals surface area contributed by atoms with Crippen LogP contribution in [-0.2, 0) is 16.2 Å². The average molecular weight is 377 g/mol. The molecule has 0 unspecified atom stereocenters. The van der Waals surface area contributed by atoms with Crippen molar-refractivity contribution in [2.24, 2.45) is 5.73 Å². The molecule has 1 aromatic rings. The van der Waals surface area contributed by atoms with Crippen LogP contribution < -0.4 is 10.5 Å². The molecule has 1 saturated carbocycles. The first kappa shape index (κ1) is 20.1. The van der Waals surface area contributed by atoms with E-state index in [1.54, 1.807) is 0 Å². The van der Waals surface area contributed by atoms with Crippen molar-refractivity contribution in [2.45, 2.75) is 48.8 Å². The number of nitrogens with two attached hydrogens (primary N) is 1. The van der Waals surface area contributed by atoms with Crippen molar-refractivity contribution in [3.8, 4) is 0 Å². The van der Waals surface area contributed by atoms with Gasteiger partial charge in [0.05, 0.1) is 10.5 Å². The van der Waals surface area contributed by atoms with Crippen LogP contribution in [0.4, 0.5) is 17.6 Å².